The first-order valence-electron chi connectivity index (χ1n) is 5.17. The Morgan fingerprint density at radius 3 is 2.89 bits per heavy atom. The van der Waals surface area contributed by atoms with Gasteiger partial charge in [0.05, 0.1) is 5.69 Å². The van der Waals surface area contributed by atoms with Crippen molar-refractivity contribution in [2.75, 3.05) is 5.73 Å². The van der Waals surface area contributed by atoms with Crippen LogP contribution in [0, 0.1) is 0 Å². The summed E-state index contributed by atoms with van der Waals surface area (Å²) in [5, 5.41) is 1.22. The highest BCUT2D eigenvalue weighted by molar-refractivity contribution is 9.10. The second kappa shape index (κ2) is 4.62. The van der Waals surface area contributed by atoms with Crippen molar-refractivity contribution in [1.82, 2.24) is 9.97 Å². The van der Waals surface area contributed by atoms with Gasteiger partial charge in [-0.2, -0.15) is 0 Å². The molecule has 0 bridgehead atoms. The Morgan fingerprint density at radius 2 is 2.11 bits per heavy atom. The van der Waals surface area contributed by atoms with Gasteiger partial charge in [0.1, 0.15) is 10.5 Å². The van der Waals surface area contributed by atoms with Crippen LogP contribution >= 0.6 is 27.7 Å². The lowest BCUT2D eigenvalue weighted by atomic mass is 10.3. The highest BCUT2D eigenvalue weighted by Gasteiger charge is 2.10. The molecule has 0 aliphatic rings. The summed E-state index contributed by atoms with van der Waals surface area (Å²) in [5.41, 5.74) is 8.06. The first kappa shape index (κ1) is 11.6. The van der Waals surface area contributed by atoms with E-state index in [1.54, 1.807) is 12.3 Å². The van der Waals surface area contributed by atoms with Crippen molar-refractivity contribution >= 4 is 44.5 Å². The third kappa shape index (κ3) is 2.21. The minimum absolute atomic E-state index is 0.540. The lowest BCUT2D eigenvalue weighted by Gasteiger charge is -2.00. The Labute approximate surface area is 116 Å². The Bertz CT molecular complexity index is 680. The number of nitrogen functional groups attached to an aromatic ring is 1. The average molecular weight is 322 g/mol. The number of nitrogens with two attached hydrogens (primary N) is 1. The van der Waals surface area contributed by atoms with Crippen LogP contribution in [0.15, 0.2) is 55.7 Å². The Morgan fingerprint density at radius 1 is 1.28 bits per heavy atom. The van der Waals surface area contributed by atoms with Crippen molar-refractivity contribution in [3.05, 3.63) is 41.0 Å². The van der Waals surface area contributed by atoms with Crippen LogP contribution < -0.4 is 5.73 Å². The lowest BCUT2D eigenvalue weighted by Crippen LogP contribution is -1.91. The number of oxazole rings is 1. The Kier molecular flexibility index (Phi) is 2.97. The fourth-order valence-electron chi connectivity index (χ4n) is 1.51. The van der Waals surface area contributed by atoms with E-state index in [0.29, 0.717) is 15.9 Å². The molecule has 6 heteroatoms. The molecule has 2 N–H and O–H groups in total. The molecule has 18 heavy (non-hydrogen) atoms. The molecule has 0 aliphatic carbocycles. The van der Waals surface area contributed by atoms with Gasteiger partial charge in [-0.15, -0.1) is 0 Å². The van der Waals surface area contributed by atoms with Crippen LogP contribution in [0.1, 0.15) is 0 Å². The van der Waals surface area contributed by atoms with Crippen molar-refractivity contribution in [3.63, 3.8) is 0 Å². The van der Waals surface area contributed by atoms with Gasteiger partial charge in [0.25, 0.3) is 5.22 Å². The van der Waals surface area contributed by atoms with Gasteiger partial charge >= 0.3 is 0 Å². The predicted molar refractivity (Wildman–Crippen MR) is 74.5 cm³/mol. The SMILES string of the molecule is Nc1cc(Br)cnc1Sc1nc2ccccc2o1. The number of pyridine rings is 1. The van der Waals surface area contributed by atoms with E-state index >= 15 is 0 Å². The molecule has 0 unspecified atom stereocenters. The van der Waals surface area contributed by atoms with Crippen LogP contribution in [-0.2, 0) is 0 Å². The average Bonchev–Trinajstić information content (AvgIpc) is 2.75. The molecule has 4 nitrogen and oxygen atoms in total. The molecule has 0 radical (unpaired) electrons. The number of rotatable bonds is 2. The fourth-order valence-corrected chi connectivity index (χ4v) is 2.58. The molecule has 1 aromatic carbocycles. The van der Waals surface area contributed by atoms with Crippen LogP contribution in [0.2, 0.25) is 0 Å². The number of para-hydroxylation sites is 2. The van der Waals surface area contributed by atoms with Crippen molar-refractivity contribution in [2.45, 2.75) is 10.2 Å². The number of hydrogen-bond acceptors (Lipinski definition) is 5. The molecule has 2 aromatic heterocycles. The van der Waals surface area contributed by atoms with E-state index in [4.69, 9.17) is 10.2 Å². The molecule has 2 heterocycles. The highest BCUT2D eigenvalue weighted by Crippen LogP contribution is 2.32. The molecule has 0 atom stereocenters. The quantitative estimate of drug-likeness (QED) is 0.779. The number of fused-ring (bicyclic) bond motifs is 1. The molecule has 90 valence electrons. The van der Waals surface area contributed by atoms with Gasteiger partial charge in [-0.05, 0) is 45.9 Å². The zero-order valence-corrected chi connectivity index (χ0v) is 11.5. The van der Waals surface area contributed by atoms with Crippen LogP contribution in [0.3, 0.4) is 0 Å². The number of halogens is 1. The van der Waals surface area contributed by atoms with E-state index < -0.39 is 0 Å². The molecule has 0 amide bonds. The van der Waals surface area contributed by atoms with Crippen molar-refractivity contribution < 1.29 is 4.42 Å². The van der Waals surface area contributed by atoms with Gasteiger partial charge in [-0.25, -0.2) is 9.97 Å². The van der Waals surface area contributed by atoms with Crippen LogP contribution in [0.4, 0.5) is 5.69 Å². The summed E-state index contributed by atoms with van der Waals surface area (Å²) in [7, 11) is 0. The second-order valence-corrected chi connectivity index (χ2v) is 5.45. The standard InChI is InChI=1S/C12H8BrN3OS/c13-7-5-8(14)11(15-6-7)18-12-16-9-3-1-2-4-10(9)17-12/h1-6H,14H2. The molecule has 0 spiro atoms. The van der Waals surface area contributed by atoms with E-state index in [9.17, 15) is 0 Å². The van der Waals surface area contributed by atoms with Crippen LogP contribution in [-0.4, -0.2) is 9.97 Å². The van der Waals surface area contributed by atoms with Gasteiger partial charge in [-0.1, -0.05) is 12.1 Å². The maximum absolute atomic E-state index is 5.88. The van der Waals surface area contributed by atoms with E-state index in [2.05, 4.69) is 25.9 Å². The number of benzene rings is 1. The van der Waals surface area contributed by atoms with E-state index in [1.165, 1.54) is 11.8 Å². The molecular weight excluding hydrogens is 314 g/mol. The van der Waals surface area contributed by atoms with Gasteiger partial charge in [0.2, 0.25) is 0 Å². The molecule has 3 rings (SSSR count). The molecule has 0 saturated heterocycles. The second-order valence-electron chi connectivity index (χ2n) is 3.60. The van der Waals surface area contributed by atoms with E-state index in [1.807, 2.05) is 24.3 Å². The number of aromatic nitrogens is 2. The minimum Gasteiger partial charge on any atom is -0.431 e. The summed E-state index contributed by atoms with van der Waals surface area (Å²) in [6.07, 6.45) is 1.70. The normalized spacial score (nSPS) is 10.9. The third-order valence-corrected chi connectivity index (χ3v) is 3.62. The fraction of sp³-hybridized carbons (Fsp3) is 0. The zero-order chi connectivity index (χ0) is 12.5. The van der Waals surface area contributed by atoms with Crippen LogP contribution in [0.5, 0.6) is 0 Å². The molecule has 0 aliphatic heterocycles. The molecular formula is C12H8BrN3OS. The number of nitrogens with zero attached hydrogens (tertiary/aromatic N) is 2. The largest absolute Gasteiger partial charge is 0.431 e. The van der Waals surface area contributed by atoms with E-state index in [-0.39, 0.29) is 0 Å². The summed E-state index contributed by atoms with van der Waals surface area (Å²) in [6, 6.07) is 9.42. The summed E-state index contributed by atoms with van der Waals surface area (Å²) < 4.78 is 6.45. The Hall–Kier alpha value is -1.53. The maximum Gasteiger partial charge on any atom is 0.263 e. The first-order chi connectivity index (χ1) is 8.72. The summed E-state index contributed by atoms with van der Waals surface area (Å²) in [5.74, 6) is 0. The minimum atomic E-state index is 0.540. The Balaban J connectivity index is 1.96. The van der Waals surface area contributed by atoms with Crippen LogP contribution in [0.25, 0.3) is 11.1 Å². The topological polar surface area (TPSA) is 64.9 Å². The maximum atomic E-state index is 5.88. The molecule has 0 saturated carbocycles. The van der Waals surface area contributed by atoms with Gasteiger partial charge in [0.15, 0.2) is 5.58 Å². The monoisotopic (exact) mass is 321 g/mol. The van der Waals surface area contributed by atoms with Gasteiger partial charge in [-0.3, -0.25) is 0 Å². The van der Waals surface area contributed by atoms with E-state index in [0.717, 1.165) is 15.6 Å². The first-order valence-corrected chi connectivity index (χ1v) is 6.78. The number of anilines is 1. The third-order valence-electron chi connectivity index (χ3n) is 2.30. The molecule has 3 aromatic rings. The van der Waals surface area contributed by atoms with Crippen molar-refractivity contribution in [3.8, 4) is 0 Å². The highest BCUT2D eigenvalue weighted by atomic mass is 79.9. The smallest absolute Gasteiger partial charge is 0.263 e. The summed E-state index contributed by atoms with van der Waals surface area (Å²) in [6.45, 7) is 0. The molecule has 0 fully saturated rings. The number of hydrogen-bond donors (Lipinski definition) is 1. The van der Waals surface area contributed by atoms with Crippen molar-refractivity contribution in [2.24, 2.45) is 0 Å². The lowest BCUT2D eigenvalue weighted by molar-refractivity contribution is 0.489. The summed E-state index contributed by atoms with van der Waals surface area (Å²) in [4.78, 5) is 8.59. The van der Waals surface area contributed by atoms with Gasteiger partial charge in [0, 0.05) is 10.7 Å². The van der Waals surface area contributed by atoms with Gasteiger partial charge < -0.3 is 10.2 Å². The zero-order valence-electron chi connectivity index (χ0n) is 9.13. The summed E-state index contributed by atoms with van der Waals surface area (Å²) >= 11 is 4.63. The predicted octanol–water partition coefficient (Wildman–Crippen LogP) is 3.72. The van der Waals surface area contributed by atoms with Crippen molar-refractivity contribution in [1.29, 1.82) is 0 Å².